The van der Waals surface area contributed by atoms with Crippen LogP contribution in [0.4, 0.5) is 0 Å². The molecule has 0 amide bonds. The zero-order chi connectivity index (χ0) is 12.0. The molecule has 0 aliphatic rings. The lowest BCUT2D eigenvalue weighted by Crippen LogP contribution is -2.33. The molecule has 0 saturated heterocycles. The summed E-state index contributed by atoms with van der Waals surface area (Å²) in [7, 11) is 0. The van der Waals surface area contributed by atoms with Crippen molar-refractivity contribution in [2.24, 2.45) is 0 Å². The van der Waals surface area contributed by atoms with Crippen LogP contribution < -0.4 is 5.32 Å². The van der Waals surface area contributed by atoms with Gasteiger partial charge in [0, 0.05) is 11.1 Å². The fourth-order valence-electron chi connectivity index (χ4n) is 1.76. The van der Waals surface area contributed by atoms with E-state index in [4.69, 9.17) is 11.6 Å². The number of aliphatic hydroxyl groups excluding tert-OH is 1. The number of hydrogen-bond acceptors (Lipinski definition) is 2. The summed E-state index contributed by atoms with van der Waals surface area (Å²) in [6.07, 6.45) is 2.14. The summed E-state index contributed by atoms with van der Waals surface area (Å²) >= 11 is 5.84. The van der Waals surface area contributed by atoms with Gasteiger partial charge in [0.05, 0.1) is 12.6 Å². The summed E-state index contributed by atoms with van der Waals surface area (Å²) in [6.45, 7) is 4.41. The second kappa shape index (κ2) is 6.89. The Bertz CT molecular complexity index is 295. The van der Waals surface area contributed by atoms with Crippen molar-refractivity contribution in [2.45, 2.75) is 38.8 Å². The van der Waals surface area contributed by atoms with Crippen LogP contribution >= 0.6 is 11.6 Å². The fraction of sp³-hybridized carbons (Fsp3) is 0.538. The Morgan fingerprint density at radius 1 is 1.19 bits per heavy atom. The van der Waals surface area contributed by atoms with Crippen LogP contribution in [0.2, 0.25) is 5.02 Å². The van der Waals surface area contributed by atoms with Crippen molar-refractivity contribution in [3.8, 4) is 0 Å². The topological polar surface area (TPSA) is 32.3 Å². The van der Waals surface area contributed by atoms with Crippen molar-refractivity contribution in [1.82, 2.24) is 5.32 Å². The predicted molar refractivity (Wildman–Crippen MR) is 68.8 cm³/mol. The van der Waals surface area contributed by atoms with E-state index in [0.717, 1.165) is 23.4 Å². The SMILES string of the molecule is CCC(CC)NC(CO)c1ccc(Cl)cc1. The van der Waals surface area contributed by atoms with E-state index in [2.05, 4.69) is 19.2 Å². The lowest BCUT2D eigenvalue weighted by molar-refractivity contribution is 0.230. The first-order valence-corrected chi connectivity index (χ1v) is 6.21. The largest absolute Gasteiger partial charge is 0.394 e. The highest BCUT2D eigenvalue weighted by Gasteiger charge is 2.13. The maximum atomic E-state index is 9.39. The van der Waals surface area contributed by atoms with Gasteiger partial charge in [-0.2, -0.15) is 0 Å². The third kappa shape index (κ3) is 3.78. The van der Waals surface area contributed by atoms with E-state index < -0.39 is 0 Å². The van der Waals surface area contributed by atoms with Crippen LogP contribution in [0.1, 0.15) is 38.3 Å². The molecular formula is C13H20ClNO. The van der Waals surface area contributed by atoms with Gasteiger partial charge in [0.2, 0.25) is 0 Å². The first kappa shape index (κ1) is 13.5. The molecule has 1 unspecified atom stereocenters. The maximum absolute atomic E-state index is 9.39. The molecule has 1 rings (SSSR count). The average molecular weight is 242 g/mol. The standard InChI is InChI=1S/C13H20ClNO/c1-3-12(4-2)15-13(9-16)10-5-7-11(14)8-6-10/h5-8,12-13,15-16H,3-4,9H2,1-2H3. The van der Waals surface area contributed by atoms with E-state index in [0.29, 0.717) is 6.04 Å². The first-order chi connectivity index (χ1) is 7.71. The minimum absolute atomic E-state index is 0.00201. The quantitative estimate of drug-likeness (QED) is 0.802. The van der Waals surface area contributed by atoms with Gasteiger partial charge in [0.15, 0.2) is 0 Å². The third-order valence-electron chi connectivity index (χ3n) is 2.88. The van der Waals surface area contributed by atoms with Crippen molar-refractivity contribution in [1.29, 1.82) is 0 Å². The van der Waals surface area contributed by atoms with Crippen LogP contribution in [0.25, 0.3) is 0 Å². The Kier molecular flexibility index (Phi) is 5.81. The van der Waals surface area contributed by atoms with E-state index in [1.54, 1.807) is 0 Å². The van der Waals surface area contributed by atoms with Crippen LogP contribution in [0.15, 0.2) is 24.3 Å². The lowest BCUT2D eigenvalue weighted by Gasteiger charge is -2.23. The number of hydrogen-bond donors (Lipinski definition) is 2. The Morgan fingerprint density at radius 3 is 2.19 bits per heavy atom. The number of rotatable bonds is 6. The molecule has 0 saturated carbocycles. The summed E-state index contributed by atoms with van der Waals surface area (Å²) in [4.78, 5) is 0. The van der Waals surface area contributed by atoms with Crippen LogP contribution in [0, 0.1) is 0 Å². The van der Waals surface area contributed by atoms with Gasteiger partial charge in [0.1, 0.15) is 0 Å². The van der Waals surface area contributed by atoms with Crippen molar-refractivity contribution in [2.75, 3.05) is 6.61 Å². The van der Waals surface area contributed by atoms with E-state index in [9.17, 15) is 5.11 Å². The smallest absolute Gasteiger partial charge is 0.0626 e. The molecule has 0 aliphatic carbocycles. The van der Waals surface area contributed by atoms with E-state index >= 15 is 0 Å². The Hall–Kier alpha value is -0.570. The predicted octanol–water partition coefficient (Wildman–Crippen LogP) is 3.15. The van der Waals surface area contributed by atoms with Gasteiger partial charge in [0.25, 0.3) is 0 Å². The maximum Gasteiger partial charge on any atom is 0.0626 e. The van der Waals surface area contributed by atoms with Crippen molar-refractivity contribution in [3.05, 3.63) is 34.9 Å². The molecule has 0 aliphatic heterocycles. The minimum atomic E-state index is 0.00201. The highest BCUT2D eigenvalue weighted by molar-refractivity contribution is 6.30. The molecule has 0 bridgehead atoms. The number of benzene rings is 1. The molecule has 2 nitrogen and oxygen atoms in total. The van der Waals surface area contributed by atoms with E-state index in [1.807, 2.05) is 24.3 Å². The highest BCUT2D eigenvalue weighted by atomic mass is 35.5. The molecule has 0 aromatic heterocycles. The second-order valence-corrected chi connectivity index (χ2v) is 4.40. The molecule has 0 spiro atoms. The van der Waals surface area contributed by atoms with Gasteiger partial charge >= 0.3 is 0 Å². The van der Waals surface area contributed by atoms with Crippen LogP contribution in [-0.2, 0) is 0 Å². The molecule has 16 heavy (non-hydrogen) atoms. The van der Waals surface area contributed by atoms with Crippen LogP contribution in [0.3, 0.4) is 0 Å². The summed E-state index contributed by atoms with van der Waals surface area (Å²) in [5.74, 6) is 0. The zero-order valence-electron chi connectivity index (χ0n) is 9.91. The molecule has 90 valence electrons. The monoisotopic (exact) mass is 241 g/mol. The van der Waals surface area contributed by atoms with Crippen LogP contribution in [-0.4, -0.2) is 17.8 Å². The van der Waals surface area contributed by atoms with Gasteiger partial charge in [-0.05, 0) is 30.5 Å². The normalized spacial score (nSPS) is 13.1. The Balaban J connectivity index is 2.70. The first-order valence-electron chi connectivity index (χ1n) is 5.83. The molecule has 1 aromatic carbocycles. The van der Waals surface area contributed by atoms with Crippen molar-refractivity contribution in [3.63, 3.8) is 0 Å². The van der Waals surface area contributed by atoms with E-state index in [1.165, 1.54) is 0 Å². The van der Waals surface area contributed by atoms with E-state index in [-0.39, 0.29) is 12.6 Å². The van der Waals surface area contributed by atoms with Gasteiger partial charge in [-0.1, -0.05) is 37.6 Å². The fourth-order valence-corrected chi connectivity index (χ4v) is 1.88. The lowest BCUT2D eigenvalue weighted by atomic mass is 10.0. The van der Waals surface area contributed by atoms with Crippen molar-refractivity contribution < 1.29 is 5.11 Å². The summed E-state index contributed by atoms with van der Waals surface area (Å²) in [5.41, 5.74) is 1.08. The molecule has 0 heterocycles. The average Bonchev–Trinajstić information content (AvgIpc) is 2.32. The molecule has 3 heteroatoms. The van der Waals surface area contributed by atoms with Crippen molar-refractivity contribution >= 4 is 11.6 Å². The number of halogens is 1. The minimum Gasteiger partial charge on any atom is -0.394 e. The van der Waals surface area contributed by atoms with Gasteiger partial charge in [-0.3, -0.25) is 0 Å². The van der Waals surface area contributed by atoms with Gasteiger partial charge < -0.3 is 10.4 Å². The molecule has 0 fully saturated rings. The summed E-state index contributed by atoms with van der Waals surface area (Å²) in [5, 5.41) is 13.6. The molecule has 2 N–H and O–H groups in total. The molecule has 0 radical (unpaired) electrons. The van der Waals surface area contributed by atoms with Gasteiger partial charge in [-0.15, -0.1) is 0 Å². The third-order valence-corrected chi connectivity index (χ3v) is 3.13. The highest BCUT2D eigenvalue weighted by Crippen LogP contribution is 2.17. The molecule has 1 aromatic rings. The molecule has 1 atom stereocenters. The second-order valence-electron chi connectivity index (χ2n) is 3.97. The Morgan fingerprint density at radius 2 is 1.75 bits per heavy atom. The Labute approximate surface area is 103 Å². The number of nitrogens with one attached hydrogen (secondary N) is 1. The number of aliphatic hydroxyl groups is 1. The van der Waals surface area contributed by atoms with Gasteiger partial charge in [-0.25, -0.2) is 0 Å². The zero-order valence-corrected chi connectivity index (χ0v) is 10.7. The summed E-state index contributed by atoms with van der Waals surface area (Å²) < 4.78 is 0. The summed E-state index contributed by atoms with van der Waals surface area (Å²) in [6, 6.07) is 8.08. The van der Waals surface area contributed by atoms with Crippen LogP contribution in [0.5, 0.6) is 0 Å². The molecular weight excluding hydrogens is 222 g/mol.